The van der Waals surface area contributed by atoms with Crippen molar-refractivity contribution >= 4 is 23.8 Å². The van der Waals surface area contributed by atoms with E-state index in [-0.39, 0.29) is 0 Å². The summed E-state index contributed by atoms with van der Waals surface area (Å²) in [5.41, 5.74) is 2.22. The van der Waals surface area contributed by atoms with Crippen molar-refractivity contribution in [3.05, 3.63) is 35.4 Å². The van der Waals surface area contributed by atoms with E-state index in [9.17, 15) is 9.59 Å². The maximum atomic E-state index is 11.2. The van der Waals surface area contributed by atoms with Crippen molar-refractivity contribution in [3.63, 3.8) is 0 Å². The Morgan fingerprint density at radius 3 is 2.72 bits per heavy atom. The molecule has 2 N–H and O–H groups in total. The minimum absolute atomic E-state index is 0.310. The molecule has 0 heterocycles. The Morgan fingerprint density at radius 2 is 2.17 bits per heavy atom. The molecule has 0 fully saturated rings. The van der Waals surface area contributed by atoms with Crippen LogP contribution in [0, 0.1) is 6.92 Å². The minimum Gasteiger partial charge on any atom is -0.478 e. The number of hydrogen-bond acceptors (Lipinski definition) is 3. The lowest BCUT2D eigenvalue weighted by atomic mass is 10.1. The Hall–Kier alpha value is -2.30. The number of rotatable bonds is 4. The number of carbonyl (C=O) groups excluding carboxylic acids is 1. The van der Waals surface area contributed by atoms with E-state index in [1.165, 1.54) is 6.08 Å². The fourth-order valence-electron chi connectivity index (χ4n) is 1.38. The highest BCUT2D eigenvalue weighted by atomic mass is 16.5. The Balaban J connectivity index is 2.79. The van der Waals surface area contributed by atoms with Gasteiger partial charge >= 0.3 is 12.1 Å². The lowest BCUT2D eigenvalue weighted by Crippen LogP contribution is -2.14. The number of benzene rings is 1. The number of carboxylic acids is 1. The van der Waals surface area contributed by atoms with Crippen LogP contribution in [0.25, 0.3) is 6.08 Å². The van der Waals surface area contributed by atoms with Crippen LogP contribution >= 0.6 is 0 Å². The number of anilines is 1. The van der Waals surface area contributed by atoms with Gasteiger partial charge in [-0.25, -0.2) is 9.59 Å². The fourth-order valence-corrected chi connectivity index (χ4v) is 1.38. The molecule has 0 radical (unpaired) electrons. The highest BCUT2D eigenvalue weighted by Gasteiger charge is 2.04. The fraction of sp³-hybridized carbons (Fsp3) is 0.231. The average Bonchev–Trinajstić information content (AvgIpc) is 2.30. The van der Waals surface area contributed by atoms with Gasteiger partial charge in [0.15, 0.2) is 0 Å². The van der Waals surface area contributed by atoms with E-state index in [4.69, 9.17) is 9.84 Å². The highest BCUT2D eigenvalue weighted by molar-refractivity contribution is 5.87. The van der Waals surface area contributed by atoms with E-state index in [2.05, 4.69) is 5.32 Å². The van der Waals surface area contributed by atoms with E-state index >= 15 is 0 Å². The Bertz CT molecular complexity index is 480. The smallest absolute Gasteiger partial charge is 0.411 e. The van der Waals surface area contributed by atoms with Crippen molar-refractivity contribution in [1.29, 1.82) is 0 Å². The van der Waals surface area contributed by atoms with Crippen molar-refractivity contribution in [1.82, 2.24) is 0 Å². The highest BCUT2D eigenvalue weighted by Crippen LogP contribution is 2.17. The van der Waals surface area contributed by atoms with Crippen LogP contribution in [0.1, 0.15) is 18.1 Å². The summed E-state index contributed by atoms with van der Waals surface area (Å²) in [6, 6.07) is 5.20. The zero-order valence-corrected chi connectivity index (χ0v) is 10.3. The van der Waals surface area contributed by atoms with Gasteiger partial charge in [0.05, 0.1) is 6.61 Å². The SMILES string of the molecule is CCOC(=O)Nc1ccc(C=CC(=O)O)cc1C. The molecule has 0 unspecified atom stereocenters. The van der Waals surface area contributed by atoms with Crippen LogP contribution in [0.4, 0.5) is 10.5 Å². The minimum atomic E-state index is -0.999. The van der Waals surface area contributed by atoms with Gasteiger partial charge in [-0.3, -0.25) is 5.32 Å². The zero-order valence-electron chi connectivity index (χ0n) is 10.3. The topological polar surface area (TPSA) is 75.6 Å². The quantitative estimate of drug-likeness (QED) is 0.804. The first-order chi connectivity index (χ1) is 8.52. The van der Waals surface area contributed by atoms with Crippen molar-refractivity contribution < 1.29 is 19.4 Å². The maximum absolute atomic E-state index is 11.2. The summed E-state index contributed by atoms with van der Waals surface area (Å²) in [6.45, 7) is 3.86. The van der Waals surface area contributed by atoms with Gasteiger partial charge in [0, 0.05) is 11.8 Å². The van der Waals surface area contributed by atoms with E-state index in [0.717, 1.165) is 17.2 Å². The monoisotopic (exact) mass is 249 g/mol. The molecule has 0 aromatic heterocycles. The molecule has 0 saturated heterocycles. The summed E-state index contributed by atoms with van der Waals surface area (Å²) >= 11 is 0. The molecule has 96 valence electrons. The Morgan fingerprint density at radius 1 is 1.44 bits per heavy atom. The number of ether oxygens (including phenoxy) is 1. The molecule has 0 aliphatic carbocycles. The molecule has 5 heteroatoms. The van der Waals surface area contributed by atoms with Gasteiger partial charge < -0.3 is 9.84 Å². The van der Waals surface area contributed by atoms with Crippen molar-refractivity contribution in [2.24, 2.45) is 0 Å². The van der Waals surface area contributed by atoms with Gasteiger partial charge in [0.2, 0.25) is 0 Å². The van der Waals surface area contributed by atoms with Crippen LogP contribution < -0.4 is 5.32 Å². The molecule has 1 aromatic rings. The molecule has 0 aliphatic heterocycles. The molecule has 0 aliphatic rings. The van der Waals surface area contributed by atoms with Crippen LogP contribution in [0.15, 0.2) is 24.3 Å². The Labute approximate surface area is 105 Å². The second kappa shape index (κ2) is 6.44. The number of carboxylic acid groups (broad SMARTS) is 1. The van der Waals surface area contributed by atoms with E-state index in [0.29, 0.717) is 12.3 Å². The summed E-state index contributed by atoms with van der Waals surface area (Å²) in [4.78, 5) is 21.6. The number of aryl methyl sites for hydroxylation is 1. The van der Waals surface area contributed by atoms with Gasteiger partial charge in [-0.05, 0) is 43.2 Å². The molecule has 0 saturated carbocycles. The van der Waals surface area contributed by atoms with Crippen LogP contribution in [-0.2, 0) is 9.53 Å². The Kier molecular flexibility index (Phi) is 4.92. The largest absolute Gasteiger partial charge is 0.478 e. The first kappa shape index (κ1) is 13.8. The summed E-state index contributed by atoms with van der Waals surface area (Å²) in [5, 5.41) is 11.1. The molecule has 1 amide bonds. The average molecular weight is 249 g/mol. The maximum Gasteiger partial charge on any atom is 0.411 e. The molecule has 1 aromatic carbocycles. The second-order valence-electron chi connectivity index (χ2n) is 3.59. The van der Waals surface area contributed by atoms with Gasteiger partial charge in [0.25, 0.3) is 0 Å². The predicted molar refractivity (Wildman–Crippen MR) is 68.5 cm³/mol. The number of hydrogen-bond donors (Lipinski definition) is 2. The third kappa shape index (κ3) is 4.29. The van der Waals surface area contributed by atoms with Crippen molar-refractivity contribution in [2.75, 3.05) is 11.9 Å². The third-order valence-electron chi connectivity index (χ3n) is 2.18. The van der Waals surface area contributed by atoms with Gasteiger partial charge in [0.1, 0.15) is 0 Å². The summed E-state index contributed by atoms with van der Waals surface area (Å²) < 4.78 is 4.77. The molecule has 18 heavy (non-hydrogen) atoms. The van der Waals surface area contributed by atoms with E-state index in [1.54, 1.807) is 25.1 Å². The normalized spacial score (nSPS) is 10.3. The van der Waals surface area contributed by atoms with Crippen molar-refractivity contribution in [2.45, 2.75) is 13.8 Å². The van der Waals surface area contributed by atoms with E-state index < -0.39 is 12.1 Å². The first-order valence-corrected chi connectivity index (χ1v) is 5.48. The van der Waals surface area contributed by atoms with Crippen LogP contribution in [0.5, 0.6) is 0 Å². The van der Waals surface area contributed by atoms with E-state index in [1.807, 2.05) is 6.92 Å². The lowest BCUT2D eigenvalue weighted by Gasteiger charge is -2.08. The first-order valence-electron chi connectivity index (χ1n) is 5.48. The molecule has 0 atom stereocenters. The second-order valence-corrected chi connectivity index (χ2v) is 3.59. The van der Waals surface area contributed by atoms with Crippen molar-refractivity contribution in [3.8, 4) is 0 Å². The van der Waals surface area contributed by atoms with Crippen LogP contribution in [-0.4, -0.2) is 23.8 Å². The molecule has 5 nitrogen and oxygen atoms in total. The number of amides is 1. The standard InChI is InChI=1S/C13H15NO4/c1-3-18-13(17)14-11-6-4-10(8-9(11)2)5-7-12(15)16/h4-8H,3H2,1-2H3,(H,14,17)(H,15,16). The van der Waals surface area contributed by atoms with Gasteiger partial charge in [-0.1, -0.05) is 6.07 Å². The predicted octanol–water partition coefficient (Wildman–Crippen LogP) is 2.66. The number of nitrogens with one attached hydrogen (secondary N) is 1. The molecule has 0 spiro atoms. The van der Waals surface area contributed by atoms with Crippen LogP contribution in [0.3, 0.4) is 0 Å². The summed E-state index contributed by atoms with van der Waals surface area (Å²) in [5.74, 6) is -0.999. The molecule has 0 bridgehead atoms. The third-order valence-corrected chi connectivity index (χ3v) is 2.18. The number of aliphatic carboxylic acids is 1. The lowest BCUT2D eigenvalue weighted by molar-refractivity contribution is -0.131. The van der Waals surface area contributed by atoms with Gasteiger partial charge in [-0.2, -0.15) is 0 Å². The number of carbonyl (C=O) groups is 2. The molecular weight excluding hydrogens is 234 g/mol. The summed E-state index contributed by atoms with van der Waals surface area (Å²) in [6.07, 6.45) is 2.05. The summed E-state index contributed by atoms with van der Waals surface area (Å²) in [7, 11) is 0. The van der Waals surface area contributed by atoms with Gasteiger partial charge in [-0.15, -0.1) is 0 Å². The van der Waals surface area contributed by atoms with Crippen LogP contribution in [0.2, 0.25) is 0 Å². The zero-order chi connectivity index (χ0) is 13.5. The molecule has 1 rings (SSSR count). The molecular formula is C13H15NO4.